The lowest BCUT2D eigenvalue weighted by Gasteiger charge is -2.32. The van der Waals surface area contributed by atoms with Crippen LogP contribution in [0, 0.1) is 0 Å². The number of hydrogen-bond donors (Lipinski definition) is 2. The van der Waals surface area contributed by atoms with E-state index in [1.807, 2.05) is 31.1 Å². The van der Waals surface area contributed by atoms with E-state index in [-0.39, 0.29) is 11.8 Å². The molecule has 1 unspecified atom stereocenters. The second-order valence-electron chi connectivity index (χ2n) is 7.02. The number of rotatable bonds is 6. The maximum atomic E-state index is 12.6. The Kier molecular flexibility index (Phi) is 8.16. The fraction of sp³-hybridized carbons (Fsp3) is 0.556. The van der Waals surface area contributed by atoms with Crippen molar-refractivity contribution in [3.8, 4) is 0 Å². The molecule has 10 nitrogen and oxygen atoms in total. The van der Waals surface area contributed by atoms with E-state index in [1.54, 1.807) is 18.1 Å². The van der Waals surface area contributed by atoms with Crippen LogP contribution in [-0.2, 0) is 41.5 Å². The quantitative estimate of drug-likeness (QED) is 0.626. The molecular formula is C18H25F3N6O4. The summed E-state index contributed by atoms with van der Waals surface area (Å²) in [5.74, 6) is -2.96. The maximum Gasteiger partial charge on any atom is 0.490 e. The molecule has 31 heavy (non-hydrogen) atoms. The summed E-state index contributed by atoms with van der Waals surface area (Å²) in [6, 6.07) is 0. The van der Waals surface area contributed by atoms with E-state index in [0.29, 0.717) is 19.7 Å². The molecule has 0 saturated carbocycles. The van der Waals surface area contributed by atoms with Gasteiger partial charge in [-0.2, -0.15) is 18.3 Å². The van der Waals surface area contributed by atoms with Crippen molar-refractivity contribution in [3.63, 3.8) is 0 Å². The molecule has 0 aromatic carbocycles. The lowest BCUT2D eigenvalue weighted by atomic mass is 9.97. The molecule has 0 bridgehead atoms. The van der Waals surface area contributed by atoms with Crippen molar-refractivity contribution in [1.82, 2.24) is 29.5 Å². The number of carboxylic acids is 1. The van der Waals surface area contributed by atoms with Gasteiger partial charge in [0.2, 0.25) is 5.91 Å². The molecule has 1 amide bonds. The Hall–Kier alpha value is -2.93. The lowest BCUT2D eigenvalue weighted by molar-refractivity contribution is -0.192. The van der Waals surface area contributed by atoms with Gasteiger partial charge >= 0.3 is 12.1 Å². The standard InChI is InChI=1S/C16H24N6O2.C2HF3O2/c1-20-11-18-14-10-22(8-12-6-19-21(2)7-12)9-13(15(14)20)16(23)17-4-5-24-3;3-2(4,5)1(6)7/h6-7,11,13H,4-5,8-10H2,1-3H3,(H,17,23);(H,6,7). The number of halogens is 3. The summed E-state index contributed by atoms with van der Waals surface area (Å²) < 4.78 is 40.5. The number of aryl methyl sites for hydroxylation is 2. The number of fused-ring (bicyclic) bond motifs is 1. The zero-order valence-electron chi connectivity index (χ0n) is 17.4. The van der Waals surface area contributed by atoms with Crippen LogP contribution in [0.2, 0.25) is 0 Å². The summed E-state index contributed by atoms with van der Waals surface area (Å²) in [5.41, 5.74) is 3.11. The number of imidazole rings is 1. The van der Waals surface area contributed by atoms with Crippen LogP contribution in [0.5, 0.6) is 0 Å². The molecule has 0 saturated heterocycles. The van der Waals surface area contributed by atoms with Gasteiger partial charge in [-0.3, -0.25) is 14.4 Å². The number of carboxylic acid groups (broad SMARTS) is 1. The number of amides is 1. The van der Waals surface area contributed by atoms with Crippen LogP contribution in [-0.4, -0.2) is 74.2 Å². The highest BCUT2D eigenvalue weighted by Gasteiger charge is 2.38. The Morgan fingerprint density at radius 2 is 2.03 bits per heavy atom. The maximum absolute atomic E-state index is 12.6. The first kappa shape index (κ1) is 24.3. The summed E-state index contributed by atoms with van der Waals surface area (Å²) in [6.45, 7) is 3.19. The third kappa shape index (κ3) is 6.79. The van der Waals surface area contributed by atoms with Crippen molar-refractivity contribution < 1.29 is 32.6 Å². The number of alkyl halides is 3. The third-order valence-corrected chi connectivity index (χ3v) is 4.54. The van der Waals surface area contributed by atoms with E-state index in [4.69, 9.17) is 14.6 Å². The molecule has 2 N–H and O–H groups in total. The molecule has 0 fully saturated rings. The minimum atomic E-state index is -5.08. The zero-order valence-corrected chi connectivity index (χ0v) is 17.4. The van der Waals surface area contributed by atoms with E-state index in [9.17, 15) is 18.0 Å². The molecule has 2 aromatic rings. The van der Waals surface area contributed by atoms with Crippen LogP contribution < -0.4 is 5.32 Å². The number of methoxy groups -OCH3 is 1. The first-order chi connectivity index (χ1) is 14.5. The van der Waals surface area contributed by atoms with E-state index in [2.05, 4.69) is 20.3 Å². The van der Waals surface area contributed by atoms with Crippen molar-refractivity contribution >= 4 is 11.9 Å². The predicted octanol–water partition coefficient (Wildman–Crippen LogP) is 0.649. The first-order valence-electron chi connectivity index (χ1n) is 9.29. The molecule has 172 valence electrons. The minimum Gasteiger partial charge on any atom is -0.475 e. The highest BCUT2D eigenvalue weighted by molar-refractivity contribution is 5.84. The highest BCUT2D eigenvalue weighted by Crippen LogP contribution is 2.28. The van der Waals surface area contributed by atoms with Crippen LogP contribution in [0.3, 0.4) is 0 Å². The van der Waals surface area contributed by atoms with Crippen molar-refractivity contribution in [2.24, 2.45) is 14.1 Å². The number of nitrogens with zero attached hydrogens (tertiary/aromatic N) is 5. The first-order valence-corrected chi connectivity index (χ1v) is 9.29. The predicted molar refractivity (Wildman–Crippen MR) is 102 cm³/mol. The average molecular weight is 446 g/mol. The molecule has 3 heterocycles. The van der Waals surface area contributed by atoms with Crippen LogP contribution in [0.4, 0.5) is 13.2 Å². The Morgan fingerprint density at radius 1 is 1.35 bits per heavy atom. The number of nitrogens with one attached hydrogen (secondary N) is 1. The monoisotopic (exact) mass is 446 g/mol. The number of carbonyl (C=O) groups excluding carboxylic acids is 1. The molecular weight excluding hydrogens is 421 g/mol. The number of aromatic nitrogens is 4. The summed E-state index contributed by atoms with van der Waals surface area (Å²) in [7, 11) is 5.47. The molecule has 3 rings (SSSR count). The molecule has 0 radical (unpaired) electrons. The Labute approximate surface area is 176 Å². The zero-order chi connectivity index (χ0) is 23.2. The normalized spacial score (nSPS) is 16.3. The van der Waals surface area contributed by atoms with E-state index in [0.717, 1.165) is 30.0 Å². The topological polar surface area (TPSA) is 115 Å². The molecule has 1 aliphatic rings. The number of carbonyl (C=O) groups is 2. The summed E-state index contributed by atoms with van der Waals surface area (Å²) in [5, 5.41) is 14.3. The summed E-state index contributed by atoms with van der Waals surface area (Å²) in [6.07, 6.45) is 0.566. The van der Waals surface area contributed by atoms with Gasteiger partial charge < -0.3 is 19.7 Å². The van der Waals surface area contributed by atoms with Gasteiger partial charge in [-0.15, -0.1) is 0 Å². The smallest absolute Gasteiger partial charge is 0.475 e. The third-order valence-electron chi connectivity index (χ3n) is 4.54. The van der Waals surface area contributed by atoms with Crippen molar-refractivity contribution in [3.05, 3.63) is 35.7 Å². The van der Waals surface area contributed by atoms with Gasteiger partial charge in [-0.1, -0.05) is 0 Å². The largest absolute Gasteiger partial charge is 0.490 e. The Balaban J connectivity index is 0.000000423. The molecule has 0 spiro atoms. The summed E-state index contributed by atoms with van der Waals surface area (Å²) in [4.78, 5) is 28.3. The fourth-order valence-corrected chi connectivity index (χ4v) is 3.22. The highest BCUT2D eigenvalue weighted by atomic mass is 19.4. The van der Waals surface area contributed by atoms with Gasteiger partial charge in [0, 0.05) is 59.1 Å². The van der Waals surface area contributed by atoms with Gasteiger partial charge in [-0.05, 0) is 0 Å². The van der Waals surface area contributed by atoms with Crippen LogP contribution in [0.15, 0.2) is 18.7 Å². The van der Waals surface area contributed by atoms with Crippen LogP contribution in [0.25, 0.3) is 0 Å². The van der Waals surface area contributed by atoms with Gasteiger partial charge in [-0.25, -0.2) is 9.78 Å². The van der Waals surface area contributed by atoms with E-state index in [1.165, 1.54) is 0 Å². The van der Waals surface area contributed by atoms with Crippen molar-refractivity contribution in [2.75, 3.05) is 26.8 Å². The second kappa shape index (κ2) is 10.4. The number of aliphatic carboxylic acids is 1. The SMILES string of the molecule is COCCNC(=O)C1CN(Cc2cnn(C)c2)Cc2ncn(C)c21.O=C(O)C(F)(F)F. The minimum absolute atomic E-state index is 0.0211. The van der Waals surface area contributed by atoms with Gasteiger partial charge in [0.25, 0.3) is 0 Å². The molecule has 1 atom stereocenters. The average Bonchev–Trinajstić information content (AvgIpc) is 3.26. The molecule has 13 heteroatoms. The molecule has 2 aromatic heterocycles. The van der Waals surface area contributed by atoms with Gasteiger partial charge in [0.15, 0.2) is 0 Å². The molecule has 0 aliphatic carbocycles. The second-order valence-corrected chi connectivity index (χ2v) is 7.02. The van der Waals surface area contributed by atoms with E-state index < -0.39 is 12.1 Å². The van der Waals surface area contributed by atoms with Crippen molar-refractivity contribution in [1.29, 1.82) is 0 Å². The number of ether oxygens (including phenoxy) is 1. The summed E-state index contributed by atoms with van der Waals surface area (Å²) >= 11 is 0. The lowest BCUT2D eigenvalue weighted by Crippen LogP contribution is -2.42. The Bertz CT molecular complexity index is 895. The van der Waals surface area contributed by atoms with Crippen LogP contribution in [0.1, 0.15) is 22.9 Å². The molecule has 1 aliphatic heterocycles. The number of hydrogen-bond acceptors (Lipinski definition) is 6. The van der Waals surface area contributed by atoms with E-state index >= 15 is 0 Å². The Morgan fingerprint density at radius 3 is 2.58 bits per heavy atom. The van der Waals surface area contributed by atoms with Crippen LogP contribution >= 0.6 is 0 Å². The van der Waals surface area contributed by atoms with Gasteiger partial charge in [0.05, 0.1) is 36.4 Å². The van der Waals surface area contributed by atoms with Gasteiger partial charge in [0.1, 0.15) is 0 Å². The van der Waals surface area contributed by atoms with Crippen molar-refractivity contribution in [2.45, 2.75) is 25.2 Å². The fourth-order valence-electron chi connectivity index (χ4n) is 3.22.